The molecule has 1 fully saturated rings. The summed E-state index contributed by atoms with van der Waals surface area (Å²) in [4.78, 5) is 13.5. The van der Waals surface area contributed by atoms with Crippen LogP contribution in [0.25, 0.3) is 0 Å². The van der Waals surface area contributed by atoms with E-state index in [2.05, 4.69) is 19.2 Å². The van der Waals surface area contributed by atoms with Crippen molar-refractivity contribution < 1.29 is 9.90 Å². The third kappa shape index (κ3) is 3.80. The fourth-order valence-electron chi connectivity index (χ4n) is 1.32. The van der Waals surface area contributed by atoms with Crippen molar-refractivity contribution in [3.63, 3.8) is 0 Å². The van der Waals surface area contributed by atoms with Crippen molar-refractivity contribution in [2.24, 2.45) is 5.41 Å². The molecule has 1 aliphatic rings. The highest BCUT2D eigenvalue weighted by Crippen LogP contribution is 2.44. The minimum Gasteiger partial charge on any atom is -0.396 e. The van der Waals surface area contributed by atoms with Gasteiger partial charge >= 0.3 is 0 Å². The predicted molar refractivity (Wildman–Crippen MR) is 59.5 cm³/mol. The molecule has 0 aromatic rings. The standard InChI is InChI=1S/C11H22N2O2/c1-9(2)13(3)6-10(15)12-7-11(8-14)4-5-11/h9,14H,4-8H2,1-3H3,(H,12,15). The van der Waals surface area contributed by atoms with Crippen LogP contribution >= 0.6 is 0 Å². The third-order valence-corrected chi connectivity index (χ3v) is 3.23. The summed E-state index contributed by atoms with van der Waals surface area (Å²) < 4.78 is 0. The highest BCUT2D eigenvalue weighted by molar-refractivity contribution is 5.78. The molecule has 15 heavy (non-hydrogen) atoms. The van der Waals surface area contributed by atoms with Crippen LogP contribution in [0.15, 0.2) is 0 Å². The van der Waals surface area contributed by atoms with E-state index in [1.54, 1.807) is 0 Å². The van der Waals surface area contributed by atoms with Crippen molar-refractivity contribution in [1.29, 1.82) is 0 Å². The Morgan fingerprint density at radius 1 is 1.53 bits per heavy atom. The SMILES string of the molecule is CC(C)N(C)CC(=O)NCC1(CO)CC1. The van der Waals surface area contributed by atoms with Crippen LogP contribution in [0, 0.1) is 5.41 Å². The van der Waals surface area contributed by atoms with E-state index < -0.39 is 0 Å². The first kappa shape index (κ1) is 12.5. The summed E-state index contributed by atoms with van der Waals surface area (Å²) in [6, 6.07) is 0.378. The monoisotopic (exact) mass is 214 g/mol. The Bertz CT molecular complexity index is 225. The van der Waals surface area contributed by atoms with Gasteiger partial charge in [-0.15, -0.1) is 0 Å². The minimum absolute atomic E-state index is 0.00601. The Kier molecular flexibility index (Phi) is 4.11. The van der Waals surface area contributed by atoms with Gasteiger partial charge in [-0.25, -0.2) is 0 Å². The second-order valence-electron chi connectivity index (χ2n) is 4.94. The molecule has 88 valence electrons. The van der Waals surface area contributed by atoms with Crippen molar-refractivity contribution in [2.75, 3.05) is 26.7 Å². The Labute approximate surface area is 91.6 Å². The van der Waals surface area contributed by atoms with Gasteiger partial charge in [0.2, 0.25) is 5.91 Å². The summed E-state index contributed by atoms with van der Waals surface area (Å²) in [7, 11) is 1.93. The van der Waals surface area contributed by atoms with Crippen LogP contribution in [0.4, 0.5) is 0 Å². The number of aliphatic hydroxyl groups excluding tert-OH is 1. The van der Waals surface area contributed by atoms with E-state index >= 15 is 0 Å². The maximum absolute atomic E-state index is 11.5. The van der Waals surface area contributed by atoms with Gasteiger partial charge in [-0.3, -0.25) is 9.69 Å². The van der Waals surface area contributed by atoms with Crippen molar-refractivity contribution in [1.82, 2.24) is 10.2 Å². The van der Waals surface area contributed by atoms with Crippen molar-refractivity contribution in [2.45, 2.75) is 32.7 Å². The van der Waals surface area contributed by atoms with Gasteiger partial charge in [-0.2, -0.15) is 0 Å². The Morgan fingerprint density at radius 2 is 2.13 bits per heavy atom. The lowest BCUT2D eigenvalue weighted by atomic mass is 10.1. The number of nitrogens with zero attached hydrogens (tertiary/aromatic N) is 1. The number of hydrogen-bond acceptors (Lipinski definition) is 3. The van der Waals surface area contributed by atoms with Crippen LogP contribution in [0.3, 0.4) is 0 Å². The largest absolute Gasteiger partial charge is 0.396 e. The Morgan fingerprint density at radius 3 is 2.53 bits per heavy atom. The number of aliphatic hydroxyl groups is 1. The quantitative estimate of drug-likeness (QED) is 0.665. The van der Waals surface area contributed by atoms with Gasteiger partial charge in [0.1, 0.15) is 0 Å². The molecule has 0 aromatic heterocycles. The first-order valence-electron chi connectivity index (χ1n) is 5.57. The molecule has 0 aromatic carbocycles. The van der Waals surface area contributed by atoms with E-state index in [0.717, 1.165) is 12.8 Å². The van der Waals surface area contributed by atoms with Crippen LogP contribution in [0.1, 0.15) is 26.7 Å². The summed E-state index contributed by atoms with van der Waals surface area (Å²) in [6.45, 7) is 5.35. The second kappa shape index (κ2) is 4.94. The summed E-state index contributed by atoms with van der Waals surface area (Å²) in [5.41, 5.74) is 0.00601. The average Bonchev–Trinajstić information content (AvgIpc) is 2.95. The average molecular weight is 214 g/mol. The lowest BCUT2D eigenvalue weighted by molar-refractivity contribution is -0.122. The molecule has 4 nitrogen and oxygen atoms in total. The molecule has 0 radical (unpaired) electrons. The lowest BCUT2D eigenvalue weighted by Gasteiger charge is -2.21. The van der Waals surface area contributed by atoms with Gasteiger partial charge in [0.05, 0.1) is 13.2 Å². The number of rotatable bonds is 6. The first-order valence-corrected chi connectivity index (χ1v) is 5.57. The van der Waals surface area contributed by atoms with E-state index in [9.17, 15) is 4.79 Å². The summed E-state index contributed by atoms with van der Waals surface area (Å²) in [6.07, 6.45) is 2.06. The van der Waals surface area contributed by atoms with Crippen LogP contribution in [-0.4, -0.2) is 48.7 Å². The van der Waals surface area contributed by atoms with Crippen LogP contribution in [-0.2, 0) is 4.79 Å². The molecule has 4 heteroatoms. The summed E-state index contributed by atoms with van der Waals surface area (Å²) >= 11 is 0. The van der Waals surface area contributed by atoms with E-state index in [0.29, 0.717) is 19.1 Å². The van der Waals surface area contributed by atoms with Crippen molar-refractivity contribution in [3.8, 4) is 0 Å². The van der Waals surface area contributed by atoms with E-state index in [1.165, 1.54) is 0 Å². The number of carbonyl (C=O) groups excluding carboxylic acids is 1. The molecule has 0 saturated heterocycles. The fraction of sp³-hybridized carbons (Fsp3) is 0.909. The van der Waals surface area contributed by atoms with Crippen molar-refractivity contribution in [3.05, 3.63) is 0 Å². The third-order valence-electron chi connectivity index (χ3n) is 3.23. The van der Waals surface area contributed by atoms with Gasteiger partial charge in [0.15, 0.2) is 0 Å². The Balaban J connectivity index is 2.19. The molecule has 0 spiro atoms. The van der Waals surface area contributed by atoms with E-state index in [1.807, 2.05) is 11.9 Å². The topological polar surface area (TPSA) is 52.6 Å². The molecule has 0 atom stereocenters. The molecule has 0 unspecified atom stereocenters. The number of likely N-dealkylation sites (N-methyl/N-ethyl adjacent to an activating group) is 1. The molecule has 1 aliphatic carbocycles. The zero-order chi connectivity index (χ0) is 11.5. The number of nitrogens with one attached hydrogen (secondary N) is 1. The molecule has 0 bridgehead atoms. The maximum Gasteiger partial charge on any atom is 0.234 e. The summed E-state index contributed by atoms with van der Waals surface area (Å²) in [5, 5.41) is 12.0. The Hall–Kier alpha value is -0.610. The second-order valence-corrected chi connectivity index (χ2v) is 4.94. The molecule has 1 rings (SSSR count). The van der Waals surface area contributed by atoms with Gasteiger partial charge in [-0.1, -0.05) is 0 Å². The molecular formula is C11H22N2O2. The van der Waals surface area contributed by atoms with Gasteiger partial charge in [0.25, 0.3) is 0 Å². The molecule has 1 saturated carbocycles. The van der Waals surface area contributed by atoms with Crippen molar-refractivity contribution >= 4 is 5.91 Å². The maximum atomic E-state index is 11.5. The first-order chi connectivity index (χ1) is 6.99. The van der Waals surface area contributed by atoms with Crippen LogP contribution < -0.4 is 5.32 Å². The minimum atomic E-state index is 0.00601. The molecule has 0 aliphatic heterocycles. The number of amides is 1. The van der Waals surface area contributed by atoms with E-state index in [4.69, 9.17) is 5.11 Å². The summed E-state index contributed by atoms with van der Waals surface area (Å²) in [5.74, 6) is 0.0472. The normalized spacial score (nSPS) is 18.3. The molecular weight excluding hydrogens is 192 g/mol. The highest BCUT2D eigenvalue weighted by atomic mass is 16.3. The molecule has 1 amide bonds. The van der Waals surface area contributed by atoms with Gasteiger partial charge in [-0.05, 0) is 33.7 Å². The lowest BCUT2D eigenvalue weighted by Crippen LogP contribution is -2.40. The smallest absolute Gasteiger partial charge is 0.234 e. The number of hydrogen-bond donors (Lipinski definition) is 2. The van der Waals surface area contributed by atoms with Gasteiger partial charge < -0.3 is 10.4 Å². The zero-order valence-electron chi connectivity index (χ0n) is 9.92. The molecule has 0 heterocycles. The van der Waals surface area contributed by atoms with Crippen LogP contribution in [0.2, 0.25) is 0 Å². The van der Waals surface area contributed by atoms with Gasteiger partial charge in [0, 0.05) is 18.0 Å². The fourth-order valence-corrected chi connectivity index (χ4v) is 1.32. The van der Waals surface area contributed by atoms with E-state index in [-0.39, 0.29) is 17.9 Å². The molecule has 2 N–H and O–H groups in total. The number of carbonyl (C=O) groups is 1. The predicted octanol–water partition coefficient (Wildman–Crippen LogP) is 0.215. The highest BCUT2D eigenvalue weighted by Gasteiger charge is 2.42. The zero-order valence-corrected chi connectivity index (χ0v) is 9.92. The van der Waals surface area contributed by atoms with Crippen LogP contribution in [0.5, 0.6) is 0 Å².